The highest BCUT2D eigenvalue weighted by Crippen LogP contribution is 2.36. The molecule has 0 spiro atoms. The molecule has 3 aromatic rings. The van der Waals surface area contributed by atoms with Crippen molar-refractivity contribution in [3.8, 4) is 11.1 Å². The fourth-order valence-electron chi connectivity index (χ4n) is 5.15. The fourth-order valence-corrected chi connectivity index (χ4v) is 5.15. The first-order valence-corrected chi connectivity index (χ1v) is 15.7. The van der Waals surface area contributed by atoms with Gasteiger partial charge < -0.3 is 32.1 Å². The van der Waals surface area contributed by atoms with E-state index in [4.69, 9.17) is 5.73 Å². The summed E-state index contributed by atoms with van der Waals surface area (Å²) in [4.78, 5) is 64.1. The molecule has 0 saturated heterocycles. The van der Waals surface area contributed by atoms with E-state index in [0.29, 0.717) is 24.0 Å². The molecule has 1 aliphatic carbocycles. The van der Waals surface area contributed by atoms with E-state index in [1.807, 2.05) is 35.6 Å². The van der Waals surface area contributed by atoms with E-state index < -0.39 is 78.3 Å². The normalized spacial score (nSPS) is 15.9. The quantitative estimate of drug-likeness (QED) is 0.144. The number of halogens is 3. The van der Waals surface area contributed by atoms with Crippen molar-refractivity contribution in [3.05, 3.63) is 96.1 Å². The van der Waals surface area contributed by atoms with Crippen LogP contribution in [0.3, 0.4) is 0 Å². The number of rotatable bonds is 15. The van der Waals surface area contributed by atoms with E-state index in [0.717, 1.165) is 11.1 Å². The fraction of sp³-hybridized carbons (Fsp3) is 0.343. The zero-order chi connectivity index (χ0) is 35.8. The minimum Gasteiger partial charge on any atom is -0.382 e. The topological polar surface area (TPSA) is 180 Å². The first-order valence-electron chi connectivity index (χ1n) is 15.7. The van der Waals surface area contributed by atoms with Gasteiger partial charge in [0.05, 0.1) is 6.04 Å². The van der Waals surface area contributed by atoms with Crippen LogP contribution in [0.1, 0.15) is 48.5 Å². The van der Waals surface area contributed by atoms with Gasteiger partial charge >= 0.3 is 6.18 Å². The maximum Gasteiger partial charge on any atom is 0.416 e. The lowest BCUT2D eigenvalue weighted by Crippen LogP contribution is -2.59. The van der Waals surface area contributed by atoms with Gasteiger partial charge in [-0.2, -0.15) is 13.2 Å². The zero-order valence-corrected chi connectivity index (χ0v) is 26.6. The van der Waals surface area contributed by atoms with Crippen LogP contribution in [0.15, 0.2) is 84.9 Å². The SMILES string of the molecule is CC(NC(=O)C(Cc1ccccc1)NC(=O)C1(NC(=O)c2ccc(-c3ccccc3)cc2)CC1)C(=O)NC(CCC(N)=O)C(O)C(F)(F)F. The monoisotopic (exact) mass is 681 g/mol. The summed E-state index contributed by atoms with van der Waals surface area (Å²) >= 11 is 0. The van der Waals surface area contributed by atoms with Gasteiger partial charge in [-0.05, 0) is 55.0 Å². The lowest BCUT2D eigenvalue weighted by Gasteiger charge is -2.28. The average Bonchev–Trinajstić information content (AvgIpc) is 3.86. The van der Waals surface area contributed by atoms with Crippen molar-refractivity contribution in [2.75, 3.05) is 0 Å². The molecule has 49 heavy (non-hydrogen) atoms. The third kappa shape index (κ3) is 10.1. The lowest BCUT2D eigenvalue weighted by molar-refractivity contribution is -0.212. The number of benzene rings is 3. The molecule has 0 aliphatic heterocycles. The summed E-state index contributed by atoms with van der Waals surface area (Å²) in [5.74, 6) is -3.91. The second-order valence-electron chi connectivity index (χ2n) is 12.0. The molecule has 11 nitrogen and oxygen atoms in total. The van der Waals surface area contributed by atoms with E-state index in [9.17, 15) is 42.3 Å². The maximum atomic E-state index is 13.5. The van der Waals surface area contributed by atoms with Crippen LogP contribution in [0, 0.1) is 0 Å². The number of nitrogens with two attached hydrogens (primary N) is 1. The highest BCUT2D eigenvalue weighted by atomic mass is 19.4. The number of carbonyl (C=O) groups is 5. The van der Waals surface area contributed by atoms with Crippen molar-refractivity contribution in [1.29, 1.82) is 0 Å². The summed E-state index contributed by atoms with van der Waals surface area (Å²) in [6, 6.07) is 20.6. The van der Waals surface area contributed by atoms with E-state index in [1.54, 1.807) is 54.6 Å². The van der Waals surface area contributed by atoms with Crippen LogP contribution >= 0.6 is 0 Å². The summed E-state index contributed by atoms with van der Waals surface area (Å²) in [6.45, 7) is 1.21. The number of aliphatic hydroxyl groups is 1. The predicted octanol–water partition coefficient (Wildman–Crippen LogP) is 2.52. The minimum atomic E-state index is -5.10. The van der Waals surface area contributed by atoms with Gasteiger partial charge in [0.15, 0.2) is 6.10 Å². The van der Waals surface area contributed by atoms with Crippen molar-refractivity contribution < 1.29 is 42.3 Å². The molecule has 14 heteroatoms. The van der Waals surface area contributed by atoms with Crippen LogP contribution in [0.25, 0.3) is 11.1 Å². The van der Waals surface area contributed by atoms with Crippen LogP contribution < -0.4 is 27.0 Å². The number of primary amides is 1. The molecule has 5 amide bonds. The number of nitrogens with one attached hydrogen (secondary N) is 4. The van der Waals surface area contributed by atoms with E-state index >= 15 is 0 Å². The Morgan fingerprint density at radius 1 is 0.816 bits per heavy atom. The van der Waals surface area contributed by atoms with Gasteiger partial charge in [-0.15, -0.1) is 0 Å². The molecule has 0 bridgehead atoms. The maximum absolute atomic E-state index is 13.5. The van der Waals surface area contributed by atoms with Crippen molar-refractivity contribution >= 4 is 29.5 Å². The molecular weight excluding hydrogens is 643 g/mol. The second kappa shape index (κ2) is 15.8. The molecule has 260 valence electrons. The summed E-state index contributed by atoms with van der Waals surface area (Å²) in [6.07, 6.45) is -8.60. The summed E-state index contributed by atoms with van der Waals surface area (Å²) < 4.78 is 39.7. The number of hydrogen-bond acceptors (Lipinski definition) is 6. The summed E-state index contributed by atoms with van der Waals surface area (Å²) in [7, 11) is 0. The Labute approximate surface area is 280 Å². The Bertz CT molecular complexity index is 1630. The molecular formula is C35H38F3N5O6. The number of aliphatic hydroxyl groups excluding tert-OH is 1. The molecule has 1 saturated carbocycles. The second-order valence-corrected chi connectivity index (χ2v) is 12.0. The zero-order valence-electron chi connectivity index (χ0n) is 26.6. The molecule has 4 unspecified atom stereocenters. The van der Waals surface area contributed by atoms with Gasteiger partial charge in [-0.1, -0.05) is 72.8 Å². The molecule has 3 aromatic carbocycles. The molecule has 0 aromatic heterocycles. The molecule has 0 radical (unpaired) electrons. The Kier molecular flexibility index (Phi) is 11.8. The highest BCUT2D eigenvalue weighted by Gasteiger charge is 2.52. The highest BCUT2D eigenvalue weighted by molar-refractivity contribution is 6.02. The van der Waals surface area contributed by atoms with Gasteiger partial charge in [0, 0.05) is 18.4 Å². The molecule has 7 N–H and O–H groups in total. The summed E-state index contributed by atoms with van der Waals surface area (Å²) in [5, 5.41) is 19.6. The largest absolute Gasteiger partial charge is 0.416 e. The van der Waals surface area contributed by atoms with Crippen LogP contribution in [0.4, 0.5) is 13.2 Å². The minimum absolute atomic E-state index is 0.00818. The Hall–Kier alpha value is -5.24. The van der Waals surface area contributed by atoms with Gasteiger partial charge in [0.2, 0.25) is 23.6 Å². The van der Waals surface area contributed by atoms with Gasteiger partial charge in [-0.3, -0.25) is 24.0 Å². The third-order valence-corrected chi connectivity index (χ3v) is 8.19. The van der Waals surface area contributed by atoms with Crippen molar-refractivity contribution in [1.82, 2.24) is 21.3 Å². The molecule has 0 heterocycles. The number of amides is 5. The number of alkyl halides is 3. The molecule has 1 fully saturated rings. The Morgan fingerprint density at radius 2 is 1.39 bits per heavy atom. The van der Waals surface area contributed by atoms with Crippen molar-refractivity contribution in [2.24, 2.45) is 5.73 Å². The van der Waals surface area contributed by atoms with E-state index in [1.165, 1.54) is 6.92 Å². The van der Waals surface area contributed by atoms with Gasteiger partial charge in [-0.25, -0.2) is 0 Å². The Morgan fingerprint density at radius 3 is 1.94 bits per heavy atom. The van der Waals surface area contributed by atoms with Crippen LogP contribution in [-0.4, -0.2) is 70.6 Å². The van der Waals surface area contributed by atoms with Crippen LogP contribution in [0.5, 0.6) is 0 Å². The summed E-state index contributed by atoms with van der Waals surface area (Å²) in [5.41, 5.74) is 6.64. The van der Waals surface area contributed by atoms with E-state index in [2.05, 4.69) is 16.0 Å². The van der Waals surface area contributed by atoms with Crippen molar-refractivity contribution in [2.45, 2.75) is 75.0 Å². The van der Waals surface area contributed by atoms with Gasteiger partial charge in [0.25, 0.3) is 5.91 Å². The van der Waals surface area contributed by atoms with Crippen LogP contribution in [0.2, 0.25) is 0 Å². The molecule has 4 atom stereocenters. The van der Waals surface area contributed by atoms with Crippen molar-refractivity contribution in [3.63, 3.8) is 0 Å². The molecule has 4 rings (SSSR count). The first-order chi connectivity index (χ1) is 23.2. The lowest BCUT2D eigenvalue weighted by atomic mass is 10.0. The van der Waals surface area contributed by atoms with Gasteiger partial charge in [0.1, 0.15) is 17.6 Å². The third-order valence-electron chi connectivity index (χ3n) is 8.19. The standard InChI is InChI=1S/C35H38F3N5O6/c1-21(30(46)41-26(16-17-28(39)44)29(45)35(36,37)38)40-32(48)27(20-22-8-4-2-5-9-22)42-33(49)34(18-19-34)43-31(47)25-14-12-24(13-15-25)23-10-6-3-7-11-23/h2-15,21,26-27,29,45H,16-20H2,1H3,(H2,39,44)(H,40,48)(H,41,46)(H,42,49)(H,43,47). The molecule has 1 aliphatic rings. The number of carbonyl (C=O) groups excluding carboxylic acids is 5. The van der Waals surface area contributed by atoms with E-state index in [-0.39, 0.29) is 6.42 Å². The smallest absolute Gasteiger partial charge is 0.382 e. The predicted molar refractivity (Wildman–Crippen MR) is 173 cm³/mol. The number of hydrogen-bond donors (Lipinski definition) is 6. The van der Waals surface area contributed by atoms with Crippen LogP contribution in [-0.2, 0) is 25.6 Å². The first kappa shape index (κ1) is 36.6. The Balaban J connectivity index is 1.43. The average molecular weight is 682 g/mol.